The van der Waals surface area contributed by atoms with Gasteiger partial charge in [0.15, 0.2) is 0 Å². The van der Waals surface area contributed by atoms with Crippen LogP contribution in [0.5, 0.6) is 0 Å². The predicted molar refractivity (Wildman–Crippen MR) is 76.8 cm³/mol. The third-order valence-corrected chi connectivity index (χ3v) is 3.11. The van der Waals surface area contributed by atoms with Gasteiger partial charge in [0.25, 0.3) is 0 Å². The van der Waals surface area contributed by atoms with E-state index in [9.17, 15) is 4.39 Å². The molecule has 0 aliphatic heterocycles. The number of hydrogen-bond acceptors (Lipinski definition) is 2. The third kappa shape index (κ3) is 3.32. The Balaban J connectivity index is 2.23. The molecule has 0 bridgehead atoms. The minimum atomic E-state index is -0.207. The van der Waals surface area contributed by atoms with Crippen LogP contribution < -0.4 is 5.32 Å². The van der Waals surface area contributed by atoms with Crippen molar-refractivity contribution in [2.75, 3.05) is 6.54 Å². The highest BCUT2D eigenvalue weighted by molar-refractivity contribution is 5.76. The van der Waals surface area contributed by atoms with E-state index in [-0.39, 0.29) is 11.4 Å². The zero-order valence-corrected chi connectivity index (χ0v) is 12.1. The van der Waals surface area contributed by atoms with Crippen LogP contribution >= 0.6 is 0 Å². The number of imidazole rings is 1. The van der Waals surface area contributed by atoms with Crippen LogP contribution in [0.1, 0.15) is 33.5 Å². The van der Waals surface area contributed by atoms with Crippen LogP contribution in [0.4, 0.5) is 4.39 Å². The highest BCUT2D eigenvalue weighted by atomic mass is 19.1. The molecule has 2 rings (SSSR count). The largest absolute Gasteiger partial charge is 0.328 e. The summed E-state index contributed by atoms with van der Waals surface area (Å²) >= 11 is 0. The average molecular weight is 263 g/mol. The van der Waals surface area contributed by atoms with Gasteiger partial charge in [-0.05, 0) is 45.9 Å². The Bertz CT molecular complexity index is 567. The van der Waals surface area contributed by atoms with E-state index in [1.165, 1.54) is 6.07 Å². The van der Waals surface area contributed by atoms with Crippen LogP contribution in [-0.4, -0.2) is 21.6 Å². The average Bonchev–Trinajstić information content (AvgIpc) is 2.64. The van der Waals surface area contributed by atoms with Gasteiger partial charge in [-0.1, -0.05) is 0 Å². The van der Waals surface area contributed by atoms with Gasteiger partial charge in [0.05, 0.1) is 11.0 Å². The van der Waals surface area contributed by atoms with Gasteiger partial charge in [0.2, 0.25) is 0 Å². The number of rotatable bonds is 4. The lowest BCUT2D eigenvalue weighted by atomic mass is 10.1. The fourth-order valence-electron chi connectivity index (χ4n) is 2.24. The molecule has 0 fully saturated rings. The summed E-state index contributed by atoms with van der Waals surface area (Å²) in [6.07, 6.45) is 0.849. The van der Waals surface area contributed by atoms with E-state index in [1.807, 2.05) is 0 Å². The zero-order chi connectivity index (χ0) is 14.0. The molecular formula is C15H22FN3. The Morgan fingerprint density at radius 3 is 2.68 bits per heavy atom. The number of nitrogens with one attached hydrogen (secondary N) is 1. The predicted octanol–water partition coefficient (Wildman–Crippen LogP) is 3.13. The normalized spacial score (nSPS) is 12.3. The maximum Gasteiger partial charge on any atom is 0.125 e. The Morgan fingerprint density at radius 2 is 2.05 bits per heavy atom. The summed E-state index contributed by atoms with van der Waals surface area (Å²) in [6.45, 7) is 10.2. The first kappa shape index (κ1) is 14.0. The molecule has 3 nitrogen and oxygen atoms in total. The maximum atomic E-state index is 13.3. The van der Waals surface area contributed by atoms with Gasteiger partial charge in [-0.15, -0.1) is 0 Å². The van der Waals surface area contributed by atoms with Gasteiger partial charge in [-0.2, -0.15) is 0 Å². The van der Waals surface area contributed by atoms with E-state index in [1.54, 1.807) is 12.1 Å². The second-order valence-corrected chi connectivity index (χ2v) is 5.83. The minimum absolute atomic E-state index is 0.106. The second kappa shape index (κ2) is 5.29. The zero-order valence-electron chi connectivity index (χ0n) is 12.1. The Labute approximate surface area is 113 Å². The van der Waals surface area contributed by atoms with Gasteiger partial charge in [0, 0.05) is 25.0 Å². The first-order valence-electron chi connectivity index (χ1n) is 6.80. The standard InChI is InChI=1S/C15H22FN3/c1-5-19-13-10-11(16)6-7-12(13)18-14(19)8-9-17-15(2,3)4/h6-7,10,17H,5,8-9H2,1-4H3. The van der Waals surface area contributed by atoms with Crippen molar-refractivity contribution in [3.63, 3.8) is 0 Å². The molecule has 4 heteroatoms. The molecule has 0 amide bonds. The van der Waals surface area contributed by atoms with Crippen LogP contribution in [0.2, 0.25) is 0 Å². The van der Waals surface area contributed by atoms with Crippen molar-refractivity contribution < 1.29 is 4.39 Å². The second-order valence-electron chi connectivity index (χ2n) is 5.83. The summed E-state index contributed by atoms with van der Waals surface area (Å²) in [4.78, 5) is 4.60. The third-order valence-electron chi connectivity index (χ3n) is 3.11. The van der Waals surface area contributed by atoms with Crippen molar-refractivity contribution in [3.8, 4) is 0 Å². The smallest absolute Gasteiger partial charge is 0.125 e. The quantitative estimate of drug-likeness (QED) is 0.918. The van der Waals surface area contributed by atoms with E-state index in [2.05, 4.69) is 42.6 Å². The van der Waals surface area contributed by atoms with Crippen LogP contribution in [0, 0.1) is 5.82 Å². The molecule has 0 aliphatic carbocycles. The Hall–Kier alpha value is -1.42. The molecule has 2 aromatic rings. The fraction of sp³-hybridized carbons (Fsp3) is 0.533. The van der Waals surface area contributed by atoms with Gasteiger partial charge in [0.1, 0.15) is 11.6 Å². The van der Waals surface area contributed by atoms with Crippen molar-refractivity contribution >= 4 is 11.0 Å². The molecular weight excluding hydrogens is 241 g/mol. The van der Waals surface area contributed by atoms with Crippen LogP contribution in [0.25, 0.3) is 11.0 Å². The molecule has 0 saturated heterocycles. The van der Waals surface area contributed by atoms with Crippen molar-refractivity contribution in [3.05, 3.63) is 29.8 Å². The lowest BCUT2D eigenvalue weighted by molar-refractivity contribution is 0.425. The first-order valence-corrected chi connectivity index (χ1v) is 6.80. The van der Waals surface area contributed by atoms with Crippen LogP contribution in [-0.2, 0) is 13.0 Å². The van der Waals surface area contributed by atoms with E-state index in [0.717, 1.165) is 36.4 Å². The lowest BCUT2D eigenvalue weighted by Gasteiger charge is -2.20. The van der Waals surface area contributed by atoms with Crippen molar-refractivity contribution in [1.82, 2.24) is 14.9 Å². The molecule has 0 saturated carbocycles. The van der Waals surface area contributed by atoms with Crippen LogP contribution in [0.3, 0.4) is 0 Å². The Kier molecular flexibility index (Phi) is 3.90. The highest BCUT2D eigenvalue weighted by Crippen LogP contribution is 2.18. The number of benzene rings is 1. The summed E-state index contributed by atoms with van der Waals surface area (Å²) in [5, 5.41) is 3.45. The molecule has 0 unspecified atom stereocenters. The van der Waals surface area contributed by atoms with Gasteiger partial charge >= 0.3 is 0 Å². The molecule has 0 radical (unpaired) electrons. The van der Waals surface area contributed by atoms with Crippen molar-refractivity contribution in [1.29, 1.82) is 0 Å². The monoisotopic (exact) mass is 263 g/mol. The molecule has 0 spiro atoms. The summed E-state index contributed by atoms with van der Waals surface area (Å²) in [7, 11) is 0. The van der Waals surface area contributed by atoms with Crippen molar-refractivity contribution in [2.24, 2.45) is 0 Å². The van der Waals surface area contributed by atoms with E-state index < -0.39 is 0 Å². The Morgan fingerprint density at radius 1 is 1.32 bits per heavy atom. The topological polar surface area (TPSA) is 29.9 Å². The van der Waals surface area contributed by atoms with Gasteiger partial charge in [-0.25, -0.2) is 9.37 Å². The molecule has 19 heavy (non-hydrogen) atoms. The first-order chi connectivity index (χ1) is 8.90. The van der Waals surface area contributed by atoms with E-state index in [4.69, 9.17) is 0 Å². The molecule has 104 valence electrons. The molecule has 1 aromatic carbocycles. The van der Waals surface area contributed by atoms with Gasteiger partial charge < -0.3 is 9.88 Å². The minimum Gasteiger partial charge on any atom is -0.328 e. The van der Waals surface area contributed by atoms with Gasteiger partial charge in [-0.3, -0.25) is 0 Å². The molecule has 0 atom stereocenters. The summed E-state index contributed by atoms with van der Waals surface area (Å²) in [5.74, 6) is 0.807. The number of fused-ring (bicyclic) bond motifs is 1. The number of aromatic nitrogens is 2. The molecule has 1 heterocycles. The van der Waals surface area contributed by atoms with Crippen LogP contribution in [0.15, 0.2) is 18.2 Å². The molecule has 1 N–H and O–H groups in total. The van der Waals surface area contributed by atoms with E-state index in [0.29, 0.717) is 0 Å². The number of hydrogen-bond donors (Lipinski definition) is 1. The molecule has 0 aliphatic rings. The SMILES string of the molecule is CCn1c(CCNC(C)(C)C)nc2ccc(F)cc21. The summed E-state index contributed by atoms with van der Waals surface area (Å²) < 4.78 is 15.4. The van der Waals surface area contributed by atoms with Crippen molar-refractivity contribution in [2.45, 2.75) is 46.2 Å². The summed E-state index contributed by atoms with van der Waals surface area (Å²) in [5.41, 5.74) is 1.86. The highest BCUT2D eigenvalue weighted by Gasteiger charge is 2.12. The lowest BCUT2D eigenvalue weighted by Crippen LogP contribution is -2.37. The number of aryl methyl sites for hydroxylation is 1. The fourth-order valence-corrected chi connectivity index (χ4v) is 2.24. The molecule has 1 aromatic heterocycles. The summed E-state index contributed by atoms with van der Waals surface area (Å²) in [6, 6.07) is 4.77. The maximum absolute atomic E-state index is 13.3. The van der Waals surface area contributed by atoms with E-state index >= 15 is 0 Å². The number of nitrogens with zero attached hydrogens (tertiary/aromatic N) is 2. The number of halogens is 1.